The summed E-state index contributed by atoms with van der Waals surface area (Å²) in [5.74, 6) is -1.05. The van der Waals surface area contributed by atoms with Crippen molar-refractivity contribution >= 4 is 11.9 Å². The van der Waals surface area contributed by atoms with Gasteiger partial charge in [0.15, 0.2) is 0 Å². The molecule has 0 aliphatic heterocycles. The topological polar surface area (TPSA) is 102 Å². The van der Waals surface area contributed by atoms with Crippen LogP contribution in [0.3, 0.4) is 0 Å². The average molecular weight is 415 g/mol. The zero-order chi connectivity index (χ0) is 21.6. The van der Waals surface area contributed by atoms with Gasteiger partial charge < -0.3 is 20.9 Å². The van der Waals surface area contributed by atoms with E-state index in [9.17, 15) is 9.59 Å². The highest BCUT2D eigenvalue weighted by Gasteiger charge is 2.10. The molecule has 1 atom stereocenters. The number of carboxylic acid groups (broad SMARTS) is 1. The van der Waals surface area contributed by atoms with E-state index in [0.29, 0.717) is 13.0 Å². The van der Waals surface area contributed by atoms with Gasteiger partial charge in [-0.1, -0.05) is 96.8 Å². The molecule has 0 rings (SSSR count). The first-order chi connectivity index (χ1) is 14.1. The summed E-state index contributed by atoms with van der Waals surface area (Å²) in [7, 11) is 0. The van der Waals surface area contributed by atoms with E-state index in [2.05, 4.69) is 12.2 Å². The van der Waals surface area contributed by atoms with Gasteiger partial charge in [0.1, 0.15) is 6.04 Å². The molecule has 0 radical (unpaired) electrons. The van der Waals surface area contributed by atoms with Gasteiger partial charge in [-0.25, -0.2) is 0 Å². The van der Waals surface area contributed by atoms with Gasteiger partial charge >= 0.3 is 5.97 Å². The Balaban J connectivity index is 3.20. The Morgan fingerprint density at radius 1 is 0.828 bits per heavy atom. The fourth-order valence-electron chi connectivity index (χ4n) is 3.29. The Labute approximate surface area is 178 Å². The number of carbonyl (C=O) groups is 2. The zero-order valence-corrected chi connectivity index (χ0v) is 18.8. The Kier molecular flexibility index (Phi) is 20.7. The Morgan fingerprint density at radius 2 is 1.28 bits per heavy atom. The zero-order valence-electron chi connectivity index (χ0n) is 18.8. The van der Waals surface area contributed by atoms with Gasteiger partial charge in [0.2, 0.25) is 5.91 Å². The summed E-state index contributed by atoms with van der Waals surface area (Å²) in [5, 5.41) is 11.4. The third-order valence-corrected chi connectivity index (χ3v) is 5.19. The molecule has 0 aromatic carbocycles. The summed E-state index contributed by atoms with van der Waals surface area (Å²) < 4.78 is 5.12. The number of aliphatic carboxylic acids is 1. The first-order valence-electron chi connectivity index (χ1n) is 11.9. The number of nitrogens with one attached hydrogen (secondary N) is 1. The maximum absolute atomic E-state index is 11.7. The average Bonchev–Trinajstić information content (AvgIpc) is 2.70. The molecule has 1 amide bonds. The normalized spacial score (nSPS) is 12.1. The molecular formula is C23H46N2O4. The second-order valence-corrected chi connectivity index (χ2v) is 8.07. The quantitative estimate of drug-likeness (QED) is 0.221. The first kappa shape index (κ1) is 27.9. The lowest BCUT2D eigenvalue weighted by atomic mass is 10.0. The number of hydrogen-bond donors (Lipinski definition) is 3. The minimum Gasteiger partial charge on any atom is -0.480 e. The van der Waals surface area contributed by atoms with Crippen molar-refractivity contribution < 1.29 is 19.4 Å². The third kappa shape index (κ3) is 21.4. The van der Waals surface area contributed by atoms with Crippen LogP contribution < -0.4 is 11.1 Å². The van der Waals surface area contributed by atoms with Crippen molar-refractivity contribution in [2.24, 2.45) is 5.73 Å². The maximum atomic E-state index is 11.7. The number of nitrogens with two attached hydrogens (primary N) is 1. The van der Waals surface area contributed by atoms with Crippen molar-refractivity contribution in [1.82, 2.24) is 5.32 Å². The fraction of sp³-hybridized carbons (Fsp3) is 0.913. The molecule has 0 aliphatic carbocycles. The lowest BCUT2D eigenvalue weighted by Crippen LogP contribution is -2.36. The molecule has 4 N–H and O–H groups in total. The van der Waals surface area contributed by atoms with E-state index in [-0.39, 0.29) is 19.1 Å². The van der Waals surface area contributed by atoms with Crippen LogP contribution in [0.15, 0.2) is 0 Å². The number of amides is 1. The van der Waals surface area contributed by atoms with E-state index in [1.165, 1.54) is 83.5 Å². The number of rotatable bonds is 22. The van der Waals surface area contributed by atoms with Gasteiger partial charge in [-0.3, -0.25) is 9.59 Å². The second-order valence-electron chi connectivity index (χ2n) is 8.07. The van der Waals surface area contributed by atoms with Crippen molar-refractivity contribution in [1.29, 1.82) is 0 Å². The molecule has 29 heavy (non-hydrogen) atoms. The molecule has 0 saturated heterocycles. The van der Waals surface area contributed by atoms with Crippen LogP contribution in [0.4, 0.5) is 0 Å². The first-order valence-corrected chi connectivity index (χ1v) is 11.9. The molecule has 0 spiro atoms. The molecule has 172 valence electrons. The van der Waals surface area contributed by atoms with E-state index in [1.807, 2.05) is 0 Å². The summed E-state index contributed by atoms with van der Waals surface area (Å²) in [5.41, 5.74) is 5.32. The van der Waals surface area contributed by atoms with Crippen molar-refractivity contribution in [3.05, 3.63) is 0 Å². The molecule has 0 aliphatic rings. The fourth-order valence-corrected chi connectivity index (χ4v) is 3.29. The predicted octanol–water partition coefficient (Wildman–Crippen LogP) is 4.79. The minimum atomic E-state index is -1.08. The number of unbranched alkanes of at least 4 members (excludes halogenated alkanes) is 14. The molecule has 0 aromatic rings. The molecule has 0 bridgehead atoms. The van der Waals surface area contributed by atoms with Crippen LogP contribution in [-0.4, -0.2) is 42.8 Å². The largest absolute Gasteiger partial charge is 0.480 e. The highest BCUT2D eigenvalue weighted by molar-refractivity contribution is 5.75. The van der Waals surface area contributed by atoms with Crippen molar-refractivity contribution in [2.45, 2.75) is 116 Å². The number of carboxylic acids is 1. The Hall–Kier alpha value is -1.14. The third-order valence-electron chi connectivity index (χ3n) is 5.19. The van der Waals surface area contributed by atoms with Crippen LogP contribution in [0, 0.1) is 0 Å². The Morgan fingerprint density at radius 3 is 1.72 bits per heavy atom. The summed E-state index contributed by atoms with van der Waals surface area (Å²) in [6, 6.07) is -1.01. The summed E-state index contributed by atoms with van der Waals surface area (Å²) in [6.45, 7) is 2.90. The summed E-state index contributed by atoms with van der Waals surface area (Å²) in [6.07, 6.45) is 20.3. The number of carbonyl (C=O) groups excluding carboxylic acids is 1. The maximum Gasteiger partial charge on any atom is 0.322 e. The lowest BCUT2D eigenvalue weighted by molar-refractivity contribution is -0.140. The van der Waals surface area contributed by atoms with Gasteiger partial charge in [0.25, 0.3) is 0 Å². The van der Waals surface area contributed by atoms with E-state index < -0.39 is 12.0 Å². The number of ether oxygens (including phenoxy) is 1. The van der Waals surface area contributed by atoms with Crippen LogP contribution in [0.1, 0.15) is 110 Å². The molecule has 0 unspecified atom stereocenters. The van der Waals surface area contributed by atoms with E-state index in [1.54, 1.807) is 0 Å². The standard InChI is InChI=1S/C23H46N2O4/c1-2-3-4-5-6-7-8-9-10-11-12-13-14-15-16-17-22(26)25-18-19-29-20-21(24)23(27)28/h21H,2-20,24H2,1H3,(H,25,26)(H,27,28)/t21-/m0/s1. The van der Waals surface area contributed by atoms with Gasteiger partial charge in [-0.05, 0) is 6.42 Å². The minimum absolute atomic E-state index is 0.0332. The van der Waals surface area contributed by atoms with Crippen LogP contribution in [0.25, 0.3) is 0 Å². The molecule has 0 aromatic heterocycles. The molecule has 0 fully saturated rings. The highest BCUT2D eigenvalue weighted by atomic mass is 16.5. The van der Waals surface area contributed by atoms with Gasteiger partial charge in [-0.2, -0.15) is 0 Å². The second kappa shape index (κ2) is 21.6. The molecular weight excluding hydrogens is 368 g/mol. The van der Waals surface area contributed by atoms with E-state index >= 15 is 0 Å². The Bertz CT molecular complexity index is 391. The van der Waals surface area contributed by atoms with Crippen LogP contribution in [0.5, 0.6) is 0 Å². The van der Waals surface area contributed by atoms with Crippen LogP contribution in [0.2, 0.25) is 0 Å². The lowest BCUT2D eigenvalue weighted by Gasteiger charge is -2.08. The summed E-state index contributed by atoms with van der Waals surface area (Å²) in [4.78, 5) is 22.2. The highest BCUT2D eigenvalue weighted by Crippen LogP contribution is 2.13. The van der Waals surface area contributed by atoms with E-state index in [0.717, 1.165) is 12.8 Å². The van der Waals surface area contributed by atoms with Gasteiger partial charge in [-0.15, -0.1) is 0 Å². The SMILES string of the molecule is CCCCCCCCCCCCCCCCCC(=O)NCCOC[C@H](N)C(=O)O. The van der Waals surface area contributed by atoms with E-state index in [4.69, 9.17) is 15.6 Å². The smallest absolute Gasteiger partial charge is 0.322 e. The molecule has 6 heteroatoms. The molecule has 0 saturated carbocycles. The van der Waals surface area contributed by atoms with Crippen molar-refractivity contribution in [3.63, 3.8) is 0 Å². The number of hydrogen-bond acceptors (Lipinski definition) is 4. The van der Waals surface area contributed by atoms with Gasteiger partial charge in [0, 0.05) is 13.0 Å². The van der Waals surface area contributed by atoms with Crippen LogP contribution in [-0.2, 0) is 14.3 Å². The predicted molar refractivity (Wildman–Crippen MR) is 119 cm³/mol. The molecule has 0 heterocycles. The van der Waals surface area contributed by atoms with Crippen molar-refractivity contribution in [2.75, 3.05) is 19.8 Å². The molecule has 6 nitrogen and oxygen atoms in total. The van der Waals surface area contributed by atoms with Crippen molar-refractivity contribution in [3.8, 4) is 0 Å². The van der Waals surface area contributed by atoms with Crippen LogP contribution >= 0.6 is 0 Å². The summed E-state index contributed by atoms with van der Waals surface area (Å²) >= 11 is 0. The van der Waals surface area contributed by atoms with Gasteiger partial charge in [0.05, 0.1) is 13.2 Å². The monoisotopic (exact) mass is 414 g/mol.